The lowest BCUT2D eigenvalue weighted by atomic mass is 10.1. The lowest BCUT2D eigenvalue weighted by Gasteiger charge is -2.23. The highest BCUT2D eigenvalue weighted by Crippen LogP contribution is 2.45. The zero-order valence-electron chi connectivity index (χ0n) is 19.5. The summed E-state index contributed by atoms with van der Waals surface area (Å²) in [6.07, 6.45) is 3.35. The van der Waals surface area contributed by atoms with Gasteiger partial charge in [-0.2, -0.15) is 4.57 Å². The molecule has 2 aromatic carbocycles. The molecular weight excluding hydrogens is 416 g/mol. The maximum Gasteiger partial charge on any atom is 0.368 e. The molecule has 2 heterocycles. The van der Waals surface area contributed by atoms with Crippen molar-refractivity contribution in [2.24, 2.45) is 5.73 Å². The third-order valence-electron chi connectivity index (χ3n) is 5.68. The summed E-state index contributed by atoms with van der Waals surface area (Å²) in [5.74, 6) is 0.880. The van der Waals surface area contributed by atoms with Crippen LogP contribution in [0.3, 0.4) is 0 Å². The van der Waals surface area contributed by atoms with Crippen LogP contribution in [0.4, 0.5) is 5.69 Å². The molecule has 168 valence electrons. The summed E-state index contributed by atoms with van der Waals surface area (Å²) >= 11 is 1.81. The van der Waals surface area contributed by atoms with E-state index in [2.05, 4.69) is 98.3 Å². The summed E-state index contributed by atoms with van der Waals surface area (Å²) in [7, 11) is 8.83. The van der Waals surface area contributed by atoms with Gasteiger partial charge in [0.15, 0.2) is 6.54 Å². The lowest BCUT2D eigenvalue weighted by Crippen LogP contribution is -2.42. The van der Waals surface area contributed by atoms with E-state index in [1.807, 2.05) is 11.8 Å². The molecule has 0 bridgehead atoms. The quantitative estimate of drug-likeness (QED) is 0.414. The number of quaternary nitrogens is 1. The topological polar surface area (TPSA) is 42.4 Å². The van der Waals surface area contributed by atoms with Gasteiger partial charge in [0.1, 0.15) is 6.61 Å². The number of thioether (sulfide) groups is 1. The molecule has 6 heteroatoms. The molecule has 1 aromatic heterocycles. The van der Waals surface area contributed by atoms with Crippen molar-refractivity contribution in [1.29, 1.82) is 0 Å². The maximum atomic E-state index is 6.15. The van der Waals surface area contributed by atoms with Gasteiger partial charge in [-0.3, -0.25) is 0 Å². The van der Waals surface area contributed by atoms with Crippen LogP contribution < -0.4 is 19.9 Å². The Morgan fingerprint density at radius 3 is 2.59 bits per heavy atom. The SMILES string of the molecule is CN1C(=Cc2cc(OCCN)[n+](CCC[N+](C)(C)C)c3ccccc23)Sc2ccccc21. The molecule has 32 heavy (non-hydrogen) atoms. The van der Waals surface area contributed by atoms with Crippen LogP contribution in [0.5, 0.6) is 5.88 Å². The maximum absolute atomic E-state index is 6.15. The van der Waals surface area contributed by atoms with Gasteiger partial charge in [0.2, 0.25) is 5.52 Å². The van der Waals surface area contributed by atoms with E-state index in [9.17, 15) is 0 Å². The van der Waals surface area contributed by atoms with Crippen molar-refractivity contribution < 1.29 is 13.8 Å². The Labute approximate surface area is 195 Å². The highest BCUT2D eigenvalue weighted by molar-refractivity contribution is 8.03. The first-order chi connectivity index (χ1) is 15.4. The van der Waals surface area contributed by atoms with Gasteiger partial charge < -0.3 is 19.9 Å². The number of nitrogens with zero attached hydrogens (tertiary/aromatic N) is 3. The molecule has 5 nitrogen and oxygen atoms in total. The Hall–Kier alpha value is -2.54. The first-order valence-electron chi connectivity index (χ1n) is 11.2. The number of pyridine rings is 1. The van der Waals surface area contributed by atoms with E-state index in [-0.39, 0.29) is 0 Å². The molecule has 4 rings (SSSR count). The normalized spacial score (nSPS) is 14.9. The van der Waals surface area contributed by atoms with Crippen LogP contribution >= 0.6 is 11.8 Å². The second-order valence-corrected chi connectivity index (χ2v) is 10.3. The van der Waals surface area contributed by atoms with Gasteiger partial charge in [-0.25, -0.2) is 0 Å². The van der Waals surface area contributed by atoms with Crippen LogP contribution in [0, 0.1) is 0 Å². The zero-order valence-corrected chi connectivity index (χ0v) is 20.4. The number of fused-ring (bicyclic) bond motifs is 2. The molecule has 3 aromatic rings. The molecule has 0 radical (unpaired) electrons. The highest BCUT2D eigenvalue weighted by Gasteiger charge is 2.24. The summed E-state index contributed by atoms with van der Waals surface area (Å²) in [5.41, 5.74) is 9.38. The number of aromatic nitrogens is 1. The first kappa shape index (κ1) is 22.6. The molecule has 0 saturated carbocycles. The Balaban J connectivity index is 1.76. The molecule has 1 aliphatic heterocycles. The van der Waals surface area contributed by atoms with Gasteiger partial charge in [-0.1, -0.05) is 36.0 Å². The lowest BCUT2D eigenvalue weighted by molar-refractivity contribution is -0.873. The zero-order chi connectivity index (χ0) is 22.7. The fourth-order valence-electron chi connectivity index (χ4n) is 4.08. The molecule has 0 fully saturated rings. The van der Waals surface area contributed by atoms with E-state index in [1.165, 1.54) is 26.5 Å². The molecule has 0 aliphatic carbocycles. The number of rotatable bonds is 8. The number of para-hydroxylation sites is 2. The Morgan fingerprint density at radius 1 is 1.09 bits per heavy atom. The van der Waals surface area contributed by atoms with Crippen LogP contribution in [0.25, 0.3) is 17.0 Å². The molecule has 2 N–H and O–H groups in total. The van der Waals surface area contributed by atoms with Crippen molar-refractivity contribution >= 4 is 34.4 Å². The van der Waals surface area contributed by atoms with Crippen molar-refractivity contribution in [2.75, 3.05) is 52.8 Å². The predicted molar refractivity (Wildman–Crippen MR) is 135 cm³/mol. The summed E-state index contributed by atoms with van der Waals surface area (Å²) in [6.45, 7) is 3.01. The monoisotopic (exact) mass is 450 g/mol. The first-order valence-corrected chi connectivity index (χ1v) is 12.0. The predicted octanol–water partition coefficient (Wildman–Crippen LogP) is 4.10. The van der Waals surface area contributed by atoms with Crippen LogP contribution in [0.15, 0.2) is 64.5 Å². The average molecular weight is 451 g/mol. The van der Waals surface area contributed by atoms with E-state index < -0.39 is 0 Å². The molecule has 0 unspecified atom stereocenters. The van der Waals surface area contributed by atoms with Gasteiger partial charge in [0, 0.05) is 30.1 Å². The van der Waals surface area contributed by atoms with E-state index in [4.69, 9.17) is 10.5 Å². The Kier molecular flexibility index (Phi) is 6.74. The fourth-order valence-corrected chi connectivity index (χ4v) is 5.18. The summed E-state index contributed by atoms with van der Waals surface area (Å²) < 4.78 is 9.41. The van der Waals surface area contributed by atoms with E-state index in [1.54, 1.807) is 0 Å². The molecule has 1 aliphatic rings. The van der Waals surface area contributed by atoms with Crippen molar-refractivity contribution in [3.8, 4) is 5.88 Å². The van der Waals surface area contributed by atoms with Gasteiger partial charge in [0.25, 0.3) is 0 Å². The Bertz CT molecular complexity index is 1140. The average Bonchev–Trinajstić information content (AvgIpc) is 3.08. The van der Waals surface area contributed by atoms with Gasteiger partial charge in [0.05, 0.1) is 56.3 Å². The Morgan fingerprint density at radius 2 is 1.84 bits per heavy atom. The molecule has 0 spiro atoms. The highest BCUT2D eigenvalue weighted by atomic mass is 32.2. The number of benzene rings is 2. The summed E-state index contributed by atoms with van der Waals surface area (Å²) in [4.78, 5) is 3.55. The van der Waals surface area contributed by atoms with Gasteiger partial charge in [-0.15, -0.1) is 0 Å². The largest absolute Gasteiger partial charge is 0.443 e. The summed E-state index contributed by atoms with van der Waals surface area (Å²) in [5, 5.41) is 2.44. The molecular formula is C26H34N4OS+2. The minimum absolute atomic E-state index is 0.496. The van der Waals surface area contributed by atoms with Crippen LogP contribution in [-0.2, 0) is 6.54 Å². The van der Waals surface area contributed by atoms with Crippen LogP contribution in [-0.4, -0.2) is 52.4 Å². The second kappa shape index (κ2) is 9.53. The third kappa shape index (κ3) is 4.93. The van der Waals surface area contributed by atoms with Gasteiger partial charge in [-0.05, 0) is 24.3 Å². The minimum atomic E-state index is 0.496. The van der Waals surface area contributed by atoms with Crippen LogP contribution in [0.2, 0.25) is 0 Å². The summed E-state index contributed by atoms with van der Waals surface area (Å²) in [6, 6.07) is 19.3. The standard InChI is InChI=1S/C26H34N4OS/c1-28-23-12-7-8-13-24(23)32-26(28)19-20-18-25(31-17-14-27)29(15-9-16-30(2,3)4)22-11-6-5-10-21(20)22/h5-8,10-13,18-19H,9,14-17,27H2,1-4H3/q+2. The smallest absolute Gasteiger partial charge is 0.368 e. The van der Waals surface area contributed by atoms with E-state index in [0.717, 1.165) is 35.4 Å². The molecule has 0 saturated heterocycles. The van der Waals surface area contributed by atoms with Crippen molar-refractivity contribution in [3.63, 3.8) is 0 Å². The fraction of sp³-hybridized carbons (Fsp3) is 0.346. The van der Waals surface area contributed by atoms with E-state index >= 15 is 0 Å². The second-order valence-electron chi connectivity index (χ2n) is 9.22. The number of nitrogens with two attached hydrogens (primary N) is 1. The number of aryl methyl sites for hydroxylation is 1. The number of anilines is 1. The molecule has 0 amide bonds. The number of hydrogen-bond acceptors (Lipinski definition) is 4. The van der Waals surface area contributed by atoms with Crippen molar-refractivity contribution in [1.82, 2.24) is 0 Å². The number of ether oxygens (including phenoxy) is 1. The van der Waals surface area contributed by atoms with E-state index in [0.29, 0.717) is 13.2 Å². The number of hydrogen-bond donors (Lipinski definition) is 1. The van der Waals surface area contributed by atoms with Crippen LogP contribution in [0.1, 0.15) is 12.0 Å². The minimum Gasteiger partial charge on any atom is -0.443 e. The van der Waals surface area contributed by atoms with Gasteiger partial charge >= 0.3 is 5.88 Å². The molecule has 0 atom stereocenters. The third-order valence-corrected chi connectivity index (χ3v) is 6.85. The van der Waals surface area contributed by atoms with Crippen molar-refractivity contribution in [3.05, 3.63) is 65.2 Å². The van der Waals surface area contributed by atoms with Crippen molar-refractivity contribution in [2.45, 2.75) is 17.9 Å².